The molecule has 0 unspecified atom stereocenters. The number of carbonyl (C=O) groups is 1. The molecule has 3 atom stereocenters. The van der Waals surface area contributed by atoms with Crippen LogP contribution in [0.2, 0.25) is 0 Å². The van der Waals surface area contributed by atoms with E-state index in [9.17, 15) is 4.79 Å². The lowest BCUT2D eigenvalue weighted by molar-refractivity contribution is -0.353. The van der Waals surface area contributed by atoms with Crippen LogP contribution in [0.25, 0.3) is 0 Å². The van der Waals surface area contributed by atoms with Gasteiger partial charge in [0.15, 0.2) is 17.9 Å². The van der Waals surface area contributed by atoms with E-state index in [-0.39, 0.29) is 0 Å². The molecule has 0 bridgehead atoms. The molecule has 0 amide bonds. The summed E-state index contributed by atoms with van der Waals surface area (Å²) in [6.07, 6.45) is 10.2. The third-order valence-electron chi connectivity index (χ3n) is 4.10. The Bertz CT molecular complexity index is 372. The first-order valence-electron chi connectivity index (χ1n) is 6.78. The molecule has 0 radical (unpaired) electrons. The summed E-state index contributed by atoms with van der Waals surface area (Å²) in [4.78, 5) is 11.1. The second-order valence-corrected chi connectivity index (χ2v) is 5.77. The van der Waals surface area contributed by atoms with Gasteiger partial charge in [0.1, 0.15) is 5.60 Å². The predicted octanol–water partition coefficient (Wildman–Crippen LogP) is 2.32. The number of ether oxygens (including phenoxy) is 3. The van der Waals surface area contributed by atoms with Crippen LogP contribution in [0, 0.1) is 0 Å². The van der Waals surface area contributed by atoms with Crippen LogP contribution in [0.5, 0.6) is 0 Å². The molecule has 4 heteroatoms. The molecule has 0 aliphatic carbocycles. The molecule has 4 nitrogen and oxygen atoms in total. The van der Waals surface area contributed by atoms with Crippen LogP contribution in [0.15, 0.2) is 12.2 Å². The Morgan fingerprint density at radius 2 is 2.06 bits per heavy atom. The van der Waals surface area contributed by atoms with Crippen molar-refractivity contribution in [3.63, 3.8) is 0 Å². The molecule has 0 saturated carbocycles. The van der Waals surface area contributed by atoms with Crippen LogP contribution in [0.4, 0.5) is 0 Å². The van der Waals surface area contributed by atoms with E-state index in [1.807, 2.05) is 13.0 Å². The van der Waals surface area contributed by atoms with Crippen molar-refractivity contribution in [2.45, 2.75) is 62.6 Å². The van der Waals surface area contributed by atoms with E-state index in [0.717, 1.165) is 38.6 Å². The van der Waals surface area contributed by atoms with Crippen molar-refractivity contribution >= 4 is 6.29 Å². The Kier molecular flexibility index (Phi) is 2.84. The van der Waals surface area contributed by atoms with Gasteiger partial charge in [-0.1, -0.05) is 6.08 Å². The molecule has 100 valence electrons. The topological polar surface area (TPSA) is 44.8 Å². The van der Waals surface area contributed by atoms with Crippen molar-refractivity contribution in [2.75, 3.05) is 6.61 Å². The van der Waals surface area contributed by atoms with Crippen LogP contribution in [0.3, 0.4) is 0 Å². The first-order valence-corrected chi connectivity index (χ1v) is 6.78. The Morgan fingerprint density at radius 3 is 2.72 bits per heavy atom. The fraction of sp³-hybridized carbons (Fsp3) is 0.786. The van der Waals surface area contributed by atoms with Crippen LogP contribution < -0.4 is 0 Å². The molecule has 2 fully saturated rings. The fourth-order valence-electron chi connectivity index (χ4n) is 3.08. The van der Waals surface area contributed by atoms with Crippen molar-refractivity contribution in [1.29, 1.82) is 0 Å². The van der Waals surface area contributed by atoms with E-state index in [1.54, 1.807) is 0 Å². The smallest absolute Gasteiger partial charge is 0.191 e. The van der Waals surface area contributed by atoms with Crippen LogP contribution in [-0.4, -0.2) is 30.1 Å². The Hall–Kier alpha value is -0.710. The van der Waals surface area contributed by atoms with Crippen molar-refractivity contribution in [3.8, 4) is 0 Å². The Labute approximate surface area is 107 Å². The minimum atomic E-state index is -0.707. The average Bonchev–Trinajstić information content (AvgIpc) is 2.68. The number of rotatable bonds is 1. The maximum Gasteiger partial charge on any atom is 0.191 e. The molecule has 0 N–H and O–H groups in total. The zero-order chi connectivity index (χ0) is 12.7. The Balaban J connectivity index is 1.80. The summed E-state index contributed by atoms with van der Waals surface area (Å²) in [6.45, 7) is 2.55. The molecule has 2 saturated heterocycles. The number of aldehydes is 1. The first kappa shape index (κ1) is 12.3. The van der Waals surface area contributed by atoms with Gasteiger partial charge in [0.2, 0.25) is 0 Å². The number of hydrogen-bond donors (Lipinski definition) is 0. The highest BCUT2D eigenvalue weighted by Crippen LogP contribution is 2.47. The summed E-state index contributed by atoms with van der Waals surface area (Å²) in [7, 11) is 0. The van der Waals surface area contributed by atoms with Gasteiger partial charge in [-0.25, -0.2) is 0 Å². The van der Waals surface area contributed by atoms with Gasteiger partial charge in [-0.2, -0.15) is 0 Å². The second-order valence-electron chi connectivity index (χ2n) is 5.77. The van der Waals surface area contributed by atoms with Gasteiger partial charge in [-0.05, 0) is 32.3 Å². The van der Waals surface area contributed by atoms with E-state index >= 15 is 0 Å². The zero-order valence-electron chi connectivity index (χ0n) is 10.8. The van der Waals surface area contributed by atoms with Crippen molar-refractivity contribution in [2.24, 2.45) is 0 Å². The fourth-order valence-corrected chi connectivity index (χ4v) is 3.08. The lowest BCUT2D eigenvalue weighted by Gasteiger charge is -2.44. The monoisotopic (exact) mass is 252 g/mol. The average molecular weight is 252 g/mol. The lowest BCUT2D eigenvalue weighted by Crippen LogP contribution is -2.50. The lowest BCUT2D eigenvalue weighted by atomic mass is 9.97. The van der Waals surface area contributed by atoms with Crippen molar-refractivity contribution in [1.82, 2.24) is 0 Å². The molecule has 2 spiro atoms. The van der Waals surface area contributed by atoms with Gasteiger partial charge >= 0.3 is 0 Å². The van der Waals surface area contributed by atoms with Gasteiger partial charge in [0, 0.05) is 19.3 Å². The van der Waals surface area contributed by atoms with Crippen LogP contribution >= 0.6 is 0 Å². The van der Waals surface area contributed by atoms with E-state index in [1.165, 1.54) is 0 Å². The molecule has 3 heterocycles. The third kappa shape index (κ3) is 2.02. The SMILES string of the molecule is C[C@]1(C=O)CC[C@@]2(CC=C[C@@]3(CCCCO3)O2)O1. The van der Waals surface area contributed by atoms with Crippen LogP contribution in [-0.2, 0) is 19.0 Å². The van der Waals surface area contributed by atoms with E-state index in [2.05, 4.69) is 6.08 Å². The Morgan fingerprint density at radius 1 is 1.17 bits per heavy atom. The molecule has 18 heavy (non-hydrogen) atoms. The summed E-state index contributed by atoms with van der Waals surface area (Å²) in [6, 6.07) is 0. The standard InChI is InChI=1S/C14H20O4/c1-12(11-15)8-9-14(17-12)7-4-6-13(18-14)5-2-3-10-16-13/h4,6,11H,2-3,5,7-10H2,1H3/t12-,13-,14+/m1/s1. The zero-order valence-corrected chi connectivity index (χ0v) is 10.8. The first-order chi connectivity index (χ1) is 8.60. The van der Waals surface area contributed by atoms with E-state index in [0.29, 0.717) is 12.8 Å². The largest absolute Gasteiger partial charge is 0.346 e. The summed E-state index contributed by atoms with van der Waals surface area (Å²) < 4.78 is 17.9. The molecule has 0 aromatic carbocycles. The molecule has 0 aromatic rings. The van der Waals surface area contributed by atoms with Gasteiger partial charge in [-0.3, -0.25) is 0 Å². The van der Waals surface area contributed by atoms with Gasteiger partial charge in [0.05, 0.1) is 6.61 Å². The normalized spacial score (nSPS) is 47.8. The molecule has 3 rings (SSSR count). The maximum absolute atomic E-state index is 11.1. The molecular weight excluding hydrogens is 232 g/mol. The highest BCUT2D eigenvalue weighted by Gasteiger charge is 2.53. The number of hydrogen-bond acceptors (Lipinski definition) is 4. The predicted molar refractivity (Wildman–Crippen MR) is 64.9 cm³/mol. The van der Waals surface area contributed by atoms with E-state index in [4.69, 9.17) is 14.2 Å². The molecular formula is C14H20O4. The summed E-state index contributed by atoms with van der Waals surface area (Å²) >= 11 is 0. The summed E-state index contributed by atoms with van der Waals surface area (Å²) in [5.74, 6) is -1.29. The number of carbonyl (C=O) groups excluding carboxylic acids is 1. The summed E-state index contributed by atoms with van der Waals surface area (Å²) in [5, 5.41) is 0. The van der Waals surface area contributed by atoms with Gasteiger partial charge in [-0.15, -0.1) is 0 Å². The second kappa shape index (κ2) is 4.15. The third-order valence-corrected chi connectivity index (χ3v) is 4.10. The highest BCUT2D eigenvalue weighted by atomic mass is 16.8. The van der Waals surface area contributed by atoms with E-state index < -0.39 is 17.2 Å². The van der Waals surface area contributed by atoms with Crippen LogP contribution in [0.1, 0.15) is 45.4 Å². The quantitative estimate of drug-likeness (QED) is 0.530. The summed E-state index contributed by atoms with van der Waals surface area (Å²) in [5.41, 5.74) is -0.707. The maximum atomic E-state index is 11.1. The van der Waals surface area contributed by atoms with Gasteiger partial charge in [0.25, 0.3) is 0 Å². The minimum Gasteiger partial charge on any atom is -0.346 e. The van der Waals surface area contributed by atoms with Crippen molar-refractivity contribution < 1.29 is 19.0 Å². The molecule has 3 aliphatic heterocycles. The molecule has 3 aliphatic rings. The van der Waals surface area contributed by atoms with Crippen molar-refractivity contribution in [3.05, 3.63) is 12.2 Å². The molecule has 0 aromatic heterocycles. The van der Waals surface area contributed by atoms with Gasteiger partial charge < -0.3 is 19.0 Å². The highest BCUT2D eigenvalue weighted by molar-refractivity contribution is 5.62. The minimum absolute atomic E-state index is 0.620.